The van der Waals surface area contributed by atoms with Gasteiger partial charge in [0.25, 0.3) is 0 Å². The number of nitrogens with zero attached hydrogens (tertiary/aromatic N) is 3. The van der Waals surface area contributed by atoms with Gasteiger partial charge in [-0.15, -0.1) is 0 Å². The fourth-order valence-electron chi connectivity index (χ4n) is 2.39. The Morgan fingerprint density at radius 3 is 2.79 bits per heavy atom. The molecule has 0 unspecified atom stereocenters. The molecule has 108 valence electrons. The highest BCUT2D eigenvalue weighted by atomic mass is 16.5. The Balaban J connectivity index is 1.97. The number of piperidine rings is 1. The molecule has 1 aromatic rings. The second kappa shape index (κ2) is 5.19. The van der Waals surface area contributed by atoms with E-state index in [2.05, 4.69) is 28.9 Å². The van der Waals surface area contributed by atoms with Crippen LogP contribution in [0.15, 0.2) is 4.52 Å². The van der Waals surface area contributed by atoms with E-state index in [1.165, 1.54) is 0 Å². The molecule has 19 heavy (non-hydrogen) atoms. The maximum atomic E-state index is 10.4. The SMILES string of the molecule is COCc1noc(CN2CC[C@](C)(O)C(C)(C)C2)n1. The molecule has 1 saturated heterocycles. The van der Waals surface area contributed by atoms with Crippen molar-refractivity contribution in [2.45, 2.75) is 45.9 Å². The van der Waals surface area contributed by atoms with Crippen LogP contribution < -0.4 is 0 Å². The summed E-state index contributed by atoms with van der Waals surface area (Å²) in [5.74, 6) is 1.17. The maximum Gasteiger partial charge on any atom is 0.240 e. The fourth-order valence-corrected chi connectivity index (χ4v) is 2.39. The Morgan fingerprint density at radius 1 is 1.42 bits per heavy atom. The number of hydrogen-bond acceptors (Lipinski definition) is 6. The summed E-state index contributed by atoms with van der Waals surface area (Å²) >= 11 is 0. The topological polar surface area (TPSA) is 71.6 Å². The first kappa shape index (κ1) is 14.4. The Bertz CT molecular complexity index is 429. The zero-order chi connectivity index (χ0) is 14.1. The molecule has 1 aromatic heterocycles. The second-order valence-corrected chi connectivity index (χ2v) is 6.16. The van der Waals surface area contributed by atoms with E-state index in [4.69, 9.17) is 9.26 Å². The molecule has 0 aliphatic carbocycles. The van der Waals surface area contributed by atoms with Crippen LogP contribution in [0.1, 0.15) is 38.9 Å². The summed E-state index contributed by atoms with van der Waals surface area (Å²) in [5, 5.41) is 14.2. The van der Waals surface area contributed by atoms with E-state index in [-0.39, 0.29) is 5.41 Å². The monoisotopic (exact) mass is 269 g/mol. The van der Waals surface area contributed by atoms with Gasteiger partial charge in [0, 0.05) is 25.6 Å². The van der Waals surface area contributed by atoms with Gasteiger partial charge in [-0.25, -0.2) is 0 Å². The molecule has 0 aromatic carbocycles. The van der Waals surface area contributed by atoms with Gasteiger partial charge >= 0.3 is 0 Å². The summed E-state index contributed by atoms with van der Waals surface area (Å²) in [6, 6.07) is 0. The Labute approximate surface area is 113 Å². The predicted octanol–water partition coefficient (Wildman–Crippen LogP) is 1.20. The van der Waals surface area contributed by atoms with E-state index in [1.807, 2.05) is 6.92 Å². The molecular weight excluding hydrogens is 246 g/mol. The average molecular weight is 269 g/mol. The van der Waals surface area contributed by atoms with Gasteiger partial charge in [-0.3, -0.25) is 4.90 Å². The summed E-state index contributed by atoms with van der Waals surface area (Å²) in [6.45, 7) is 8.71. The minimum Gasteiger partial charge on any atom is -0.390 e. The predicted molar refractivity (Wildman–Crippen MR) is 69.3 cm³/mol. The number of hydrogen-bond donors (Lipinski definition) is 1. The number of rotatable bonds is 4. The molecule has 0 bridgehead atoms. The largest absolute Gasteiger partial charge is 0.390 e. The average Bonchev–Trinajstić information content (AvgIpc) is 2.72. The minimum absolute atomic E-state index is 0.152. The van der Waals surface area contributed by atoms with Crippen molar-refractivity contribution in [3.63, 3.8) is 0 Å². The van der Waals surface area contributed by atoms with E-state index < -0.39 is 5.60 Å². The van der Waals surface area contributed by atoms with Crippen molar-refractivity contribution in [2.75, 3.05) is 20.2 Å². The summed E-state index contributed by atoms with van der Waals surface area (Å²) in [6.07, 6.45) is 0.749. The third-order valence-electron chi connectivity index (χ3n) is 4.13. The summed E-state index contributed by atoms with van der Waals surface area (Å²) < 4.78 is 10.2. The molecule has 1 fully saturated rings. The van der Waals surface area contributed by atoms with Crippen LogP contribution in [0.3, 0.4) is 0 Å². The third-order valence-corrected chi connectivity index (χ3v) is 4.13. The van der Waals surface area contributed by atoms with Crippen LogP contribution in [0, 0.1) is 5.41 Å². The summed E-state index contributed by atoms with van der Waals surface area (Å²) in [5.41, 5.74) is -0.778. The van der Waals surface area contributed by atoms with Crippen LogP contribution >= 0.6 is 0 Å². The fraction of sp³-hybridized carbons (Fsp3) is 0.846. The van der Waals surface area contributed by atoms with Crippen LogP contribution in [-0.4, -0.2) is 45.9 Å². The minimum atomic E-state index is -0.625. The maximum absolute atomic E-state index is 10.4. The lowest BCUT2D eigenvalue weighted by Gasteiger charge is -2.48. The molecule has 0 amide bonds. The molecule has 6 heteroatoms. The van der Waals surface area contributed by atoms with Crippen molar-refractivity contribution in [3.8, 4) is 0 Å². The van der Waals surface area contributed by atoms with Crippen molar-refractivity contribution in [3.05, 3.63) is 11.7 Å². The van der Waals surface area contributed by atoms with Gasteiger partial charge in [0.05, 0.1) is 12.1 Å². The van der Waals surface area contributed by atoms with Crippen molar-refractivity contribution in [1.29, 1.82) is 0 Å². The number of aliphatic hydroxyl groups is 1. The molecule has 6 nitrogen and oxygen atoms in total. The molecule has 1 atom stereocenters. The van der Waals surface area contributed by atoms with Gasteiger partial charge in [0.1, 0.15) is 6.61 Å². The standard InChI is InChI=1S/C13H23N3O3/c1-12(2)9-16(6-5-13(12,3)17)7-11-14-10(8-18-4)15-19-11/h17H,5-9H2,1-4H3/t13-/m0/s1. The van der Waals surface area contributed by atoms with Gasteiger partial charge < -0.3 is 14.4 Å². The number of likely N-dealkylation sites (tertiary alicyclic amines) is 1. The van der Waals surface area contributed by atoms with Gasteiger partial charge in [-0.05, 0) is 13.3 Å². The molecule has 2 heterocycles. The highest BCUT2D eigenvalue weighted by molar-refractivity contribution is 4.97. The van der Waals surface area contributed by atoms with Crippen molar-refractivity contribution in [2.24, 2.45) is 5.41 Å². The molecular formula is C13H23N3O3. The highest BCUT2D eigenvalue weighted by Crippen LogP contribution is 2.38. The lowest BCUT2D eigenvalue weighted by Crippen LogP contribution is -2.55. The van der Waals surface area contributed by atoms with Crippen LogP contribution in [0.4, 0.5) is 0 Å². The molecule has 2 rings (SSSR count). The Morgan fingerprint density at radius 2 is 2.16 bits per heavy atom. The first-order valence-corrected chi connectivity index (χ1v) is 6.59. The third kappa shape index (κ3) is 3.13. The summed E-state index contributed by atoms with van der Waals surface area (Å²) in [7, 11) is 1.60. The Kier molecular flexibility index (Phi) is 3.94. The molecule has 1 aliphatic rings. The molecule has 0 radical (unpaired) electrons. The van der Waals surface area contributed by atoms with Crippen molar-refractivity contribution < 1.29 is 14.4 Å². The second-order valence-electron chi connectivity index (χ2n) is 6.16. The first-order valence-electron chi connectivity index (χ1n) is 6.59. The van der Waals surface area contributed by atoms with E-state index in [0.717, 1.165) is 19.5 Å². The lowest BCUT2D eigenvalue weighted by atomic mass is 9.71. The van der Waals surface area contributed by atoms with Gasteiger partial charge in [0.15, 0.2) is 5.82 Å². The molecule has 0 spiro atoms. The summed E-state index contributed by atoms with van der Waals surface area (Å²) in [4.78, 5) is 6.51. The quantitative estimate of drug-likeness (QED) is 0.885. The zero-order valence-corrected chi connectivity index (χ0v) is 12.1. The van der Waals surface area contributed by atoms with E-state index in [1.54, 1.807) is 7.11 Å². The van der Waals surface area contributed by atoms with Gasteiger partial charge in [-0.1, -0.05) is 19.0 Å². The zero-order valence-electron chi connectivity index (χ0n) is 12.1. The smallest absolute Gasteiger partial charge is 0.240 e. The molecule has 0 saturated carbocycles. The normalized spacial score (nSPS) is 27.6. The van der Waals surface area contributed by atoms with Crippen molar-refractivity contribution in [1.82, 2.24) is 15.0 Å². The molecule has 1 aliphatic heterocycles. The van der Waals surface area contributed by atoms with Crippen LogP contribution in [-0.2, 0) is 17.9 Å². The lowest BCUT2D eigenvalue weighted by molar-refractivity contribution is -0.108. The van der Waals surface area contributed by atoms with Gasteiger partial charge in [-0.2, -0.15) is 4.98 Å². The van der Waals surface area contributed by atoms with E-state index in [0.29, 0.717) is 24.9 Å². The Hall–Kier alpha value is -0.980. The van der Waals surface area contributed by atoms with Crippen LogP contribution in [0.25, 0.3) is 0 Å². The number of aromatic nitrogens is 2. The highest BCUT2D eigenvalue weighted by Gasteiger charge is 2.44. The number of ether oxygens (including phenoxy) is 1. The first-order chi connectivity index (χ1) is 8.84. The van der Waals surface area contributed by atoms with Crippen molar-refractivity contribution >= 4 is 0 Å². The van der Waals surface area contributed by atoms with Crippen LogP contribution in [0.2, 0.25) is 0 Å². The van der Waals surface area contributed by atoms with E-state index in [9.17, 15) is 5.11 Å². The van der Waals surface area contributed by atoms with E-state index >= 15 is 0 Å². The van der Waals surface area contributed by atoms with Crippen LogP contribution in [0.5, 0.6) is 0 Å². The molecule has 1 N–H and O–H groups in total. The van der Waals surface area contributed by atoms with Gasteiger partial charge in [0.2, 0.25) is 5.89 Å². The number of methoxy groups -OCH3 is 1.